The van der Waals surface area contributed by atoms with Crippen molar-refractivity contribution in [2.24, 2.45) is 0 Å². The average molecular weight is 208 g/mol. The van der Waals surface area contributed by atoms with E-state index >= 15 is 0 Å². The molecule has 0 amide bonds. The fraction of sp³-hybridized carbons (Fsp3) is 0.727. The zero-order valence-electron chi connectivity index (χ0n) is 9.80. The van der Waals surface area contributed by atoms with E-state index in [0.29, 0.717) is 5.92 Å². The van der Waals surface area contributed by atoms with Crippen molar-refractivity contribution in [3.05, 3.63) is 11.3 Å². The monoisotopic (exact) mass is 208 g/mol. The van der Waals surface area contributed by atoms with E-state index in [1.807, 2.05) is 0 Å². The highest BCUT2D eigenvalue weighted by Gasteiger charge is 2.18. The molecule has 1 aromatic rings. The summed E-state index contributed by atoms with van der Waals surface area (Å²) in [4.78, 5) is 2.36. The summed E-state index contributed by atoms with van der Waals surface area (Å²) >= 11 is 0. The van der Waals surface area contributed by atoms with Crippen molar-refractivity contribution in [1.29, 1.82) is 0 Å². The molecular weight excluding hydrogens is 188 g/mol. The average Bonchev–Trinajstić information content (AvgIpc) is 2.61. The topological polar surface area (TPSA) is 44.0 Å². The third kappa shape index (κ3) is 2.00. The molecule has 0 radical (unpaired) electrons. The van der Waals surface area contributed by atoms with Crippen LogP contribution in [0.3, 0.4) is 0 Å². The normalized spacial score (nSPS) is 17.5. The van der Waals surface area contributed by atoms with Crippen LogP contribution in [0, 0.1) is 6.92 Å². The number of aromatic amines is 1. The van der Waals surface area contributed by atoms with Crippen molar-refractivity contribution in [3.63, 3.8) is 0 Å². The third-order valence-corrected chi connectivity index (χ3v) is 3.02. The highest BCUT2D eigenvalue weighted by Crippen LogP contribution is 2.25. The standard InChI is InChI=1S/C11H20N4/c1-8(2)10-9(3)11(14-13-10)15-6-4-12-5-7-15/h8,12H,4-7H2,1-3H3,(H,13,14). The fourth-order valence-electron chi connectivity index (χ4n) is 2.15. The number of piperazine rings is 1. The number of rotatable bonds is 2. The van der Waals surface area contributed by atoms with Gasteiger partial charge in [-0.15, -0.1) is 0 Å². The number of hydrogen-bond donors (Lipinski definition) is 2. The summed E-state index contributed by atoms with van der Waals surface area (Å²) in [5.74, 6) is 1.66. The minimum atomic E-state index is 0.522. The van der Waals surface area contributed by atoms with Crippen molar-refractivity contribution >= 4 is 5.82 Å². The molecule has 0 bridgehead atoms. The lowest BCUT2D eigenvalue weighted by atomic mass is 10.1. The van der Waals surface area contributed by atoms with Gasteiger partial charge in [-0.05, 0) is 12.8 Å². The summed E-state index contributed by atoms with van der Waals surface area (Å²) in [5.41, 5.74) is 2.58. The van der Waals surface area contributed by atoms with E-state index in [1.165, 1.54) is 11.3 Å². The first kappa shape index (κ1) is 10.5. The molecule has 1 aliphatic rings. The van der Waals surface area contributed by atoms with Gasteiger partial charge >= 0.3 is 0 Å². The molecule has 4 nitrogen and oxygen atoms in total. The predicted octanol–water partition coefficient (Wildman–Crippen LogP) is 1.25. The summed E-state index contributed by atoms with van der Waals surface area (Å²) in [5, 5.41) is 10.9. The lowest BCUT2D eigenvalue weighted by molar-refractivity contribution is 0.584. The first-order chi connectivity index (χ1) is 7.20. The highest BCUT2D eigenvalue weighted by atomic mass is 15.3. The lowest BCUT2D eigenvalue weighted by Crippen LogP contribution is -2.44. The van der Waals surface area contributed by atoms with Crippen molar-refractivity contribution < 1.29 is 0 Å². The molecule has 1 aromatic heterocycles. The summed E-state index contributed by atoms with van der Waals surface area (Å²) < 4.78 is 0. The Kier molecular flexibility index (Phi) is 2.95. The number of nitrogens with one attached hydrogen (secondary N) is 2. The molecule has 0 aliphatic carbocycles. The van der Waals surface area contributed by atoms with E-state index in [1.54, 1.807) is 0 Å². The van der Waals surface area contributed by atoms with Gasteiger partial charge in [0.25, 0.3) is 0 Å². The van der Waals surface area contributed by atoms with Crippen LogP contribution < -0.4 is 10.2 Å². The smallest absolute Gasteiger partial charge is 0.153 e. The number of nitrogens with zero attached hydrogens (tertiary/aromatic N) is 2. The van der Waals surface area contributed by atoms with Gasteiger partial charge in [0.15, 0.2) is 5.82 Å². The Labute approximate surface area is 91.1 Å². The Morgan fingerprint density at radius 2 is 1.93 bits per heavy atom. The molecule has 1 fully saturated rings. The summed E-state index contributed by atoms with van der Waals surface area (Å²) in [6.07, 6.45) is 0. The van der Waals surface area contributed by atoms with Gasteiger partial charge in [0.2, 0.25) is 0 Å². The van der Waals surface area contributed by atoms with Crippen LogP contribution in [-0.4, -0.2) is 36.4 Å². The third-order valence-electron chi connectivity index (χ3n) is 3.02. The molecular formula is C11H20N4. The van der Waals surface area contributed by atoms with Crippen molar-refractivity contribution in [1.82, 2.24) is 15.5 Å². The second-order valence-corrected chi connectivity index (χ2v) is 4.48. The number of hydrogen-bond acceptors (Lipinski definition) is 3. The maximum atomic E-state index is 4.43. The van der Waals surface area contributed by atoms with Gasteiger partial charge in [0.1, 0.15) is 0 Å². The molecule has 0 atom stereocenters. The SMILES string of the molecule is Cc1c(N2CCNCC2)n[nH]c1C(C)C. The Balaban J connectivity index is 2.20. The van der Waals surface area contributed by atoms with E-state index in [9.17, 15) is 0 Å². The van der Waals surface area contributed by atoms with Gasteiger partial charge in [0.05, 0.1) is 0 Å². The molecule has 2 rings (SSSR count). The molecule has 2 N–H and O–H groups in total. The van der Waals surface area contributed by atoms with Crippen molar-refractivity contribution in [2.45, 2.75) is 26.7 Å². The summed E-state index contributed by atoms with van der Waals surface area (Å²) in [6, 6.07) is 0. The first-order valence-corrected chi connectivity index (χ1v) is 5.70. The largest absolute Gasteiger partial charge is 0.352 e. The Hall–Kier alpha value is -1.03. The van der Waals surface area contributed by atoms with E-state index < -0.39 is 0 Å². The first-order valence-electron chi connectivity index (χ1n) is 5.70. The number of anilines is 1. The van der Waals surface area contributed by atoms with Crippen LogP contribution in [0.5, 0.6) is 0 Å². The van der Waals surface area contributed by atoms with Gasteiger partial charge < -0.3 is 10.2 Å². The van der Waals surface area contributed by atoms with Gasteiger partial charge in [-0.3, -0.25) is 5.10 Å². The molecule has 2 heterocycles. The second-order valence-electron chi connectivity index (χ2n) is 4.48. The van der Waals surface area contributed by atoms with Crippen LogP contribution in [-0.2, 0) is 0 Å². The molecule has 0 aromatic carbocycles. The Morgan fingerprint density at radius 1 is 1.27 bits per heavy atom. The molecule has 0 spiro atoms. The van der Waals surface area contributed by atoms with Crippen molar-refractivity contribution in [2.75, 3.05) is 31.1 Å². The second kappa shape index (κ2) is 4.23. The minimum Gasteiger partial charge on any atom is -0.352 e. The maximum absolute atomic E-state index is 4.43. The fourth-order valence-corrected chi connectivity index (χ4v) is 2.15. The maximum Gasteiger partial charge on any atom is 0.153 e. The highest BCUT2D eigenvalue weighted by molar-refractivity contribution is 5.49. The van der Waals surface area contributed by atoms with Crippen LogP contribution in [0.2, 0.25) is 0 Å². The molecule has 15 heavy (non-hydrogen) atoms. The van der Waals surface area contributed by atoms with Gasteiger partial charge in [-0.2, -0.15) is 5.10 Å². The molecule has 1 saturated heterocycles. The lowest BCUT2D eigenvalue weighted by Gasteiger charge is -2.28. The van der Waals surface area contributed by atoms with E-state index in [0.717, 1.165) is 32.0 Å². The molecule has 0 unspecified atom stereocenters. The minimum absolute atomic E-state index is 0.522. The van der Waals surface area contributed by atoms with Crippen LogP contribution in [0.25, 0.3) is 0 Å². The van der Waals surface area contributed by atoms with Crippen LogP contribution in [0.4, 0.5) is 5.82 Å². The van der Waals surface area contributed by atoms with Crippen LogP contribution in [0.15, 0.2) is 0 Å². The molecule has 4 heteroatoms. The molecule has 84 valence electrons. The van der Waals surface area contributed by atoms with E-state index in [-0.39, 0.29) is 0 Å². The molecule has 1 aliphatic heterocycles. The molecule has 0 saturated carbocycles. The predicted molar refractivity (Wildman–Crippen MR) is 62.5 cm³/mol. The van der Waals surface area contributed by atoms with Crippen molar-refractivity contribution in [3.8, 4) is 0 Å². The number of aromatic nitrogens is 2. The van der Waals surface area contributed by atoms with Gasteiger partial charge in [-0.25, -0.2) is 0 Å². The van der Waals surface area contributed by atoms with E-state index in [2.05, 4.69) is 41.2 Å². The zero-order chi connectivity index (χ0) is 10.8. The Morgan fingerprint density at radius 3 is 2.47 bits per heavy atom. The van der Waals surface area contributed by atoms with E-state index in [4.69, 9.17) is 0 Å². The quantitative estimate of drug-likeness (QED) is 0.769. The summed E-state index contributed by atoms with van der Waals surface area (Å²) in [7, 11) is 0. The Bertz CT molecular complexity index is 323. The number of H-pyrrole nitrogens is 1. The van der Waals surface area contributed by atoms with Gasteiger partial charge in [-0.1, -0.05) is 13.8 Å². The zero-order valence-corrected chi connectivity index (χ0v) is 9.80. The van der Waals surface area contributed by atoms with Gasteiger partial charge in [0, 0.05) is 37.4 Å². The van der Waals surface area contributed by atoms with Crippen LogP contribution >= 0.6 is 0 Å². The van der Waals surface area contributed by atoms with Crippen LogP contribution in [0.1, 0.15) is 31.0 Å². The summed E-state index contributed by atoms with van der Waals surface area (Å²) in [6.45, 7) is 10.8.